The highest BCUT2D eigenvalue weighted by Crippen LogP contribution is 2.32. The molecule has 9 nitrogen and oxygen atoms in total. The fourth-order valence-corrected chi connectivity index (χ4v) is 5.11. The highest BCUT2D eigenvalue weighted by Gasteiger charge is 2.39. The summed E-state index contributed by atoms with van der Waals surface area (Å²) >= 11 is 7.25. The summed E-state index contributed by atoms with van der Waals surface area (Å²) in [5, 5.41) is 11.5. The number of rotatable bonds is 9. The number of hydrogen-bond acceptors (Lipinski definition) is 8. The van der Waals surface area contributed by atoms with E-state index in [1.807, 2.05) is 18.2 Å². The minimum atomic E-state index is -0.662. The molecule has 2 aromatic heterocycles. The highest BCUT2D eigenvalue weighted by molar-refractivity contribution is 8.15. The molecule has 1 fully saturated rings. The third kappa shape index (κ3) is 6.60. The maximum absolute atomic E-state index is 13.2. The molecule has 1 N–H and O–H groups in total. The summed E-state index contributed by atoms with van der Waals surface area (Å²) in [4.78, 5) is 27.4. The standard InChI is InChI=1S/C28H23ClN4O5S/c1-36-21-9-7-20(8-10-21)31-26(34)15-25-27(35)33(17-23-6-3-13-37-23)28(39-25)32-30-16-22-11-12-24(38-22)18-4-2-5-19(29)14-18/h2-14,16,25H,15,17H2,1H3,(H,31,34)/b30-16+,32-28-. The monoisotopic (exact) mass is 562 g/mol. The molecule has 198 valence electrons. The van der Waals surface area contributed by atoms with Gasteiger partial charge in [-0.05, 0) is 60.7 Å². The lowest BCUT2D eigenvalue weighted by Crippen LogP contribution is -2.33. The van der Waals surface area contributed by atoms with Gasteiger partial charge in [-0.1, -0.05) is 35.5 Å². The number of anilines is 1. The van der Waals surface area contributed by atoms with Crippen LogP contribution in [0.4, 0.5) is 5.69 Å². The van der Waals surface area contributed by atoms with Crippen molar-refractivity contribution in [2.45, 2.75) is 18.2 Å². The summed E-state index contributed by atoms with van der Waals surface area (Å²) in [7, 11) is 1.57. The van der Waals surface area contributed by atoms with Crippen LogP contribution in [-0.4, -0.2) is 40.5 Å². The second-order valence-electron chi connectivity index (χ2n) is 8.43. The number of benzene rings is 2. The fourth-order valence-electron chi connectivity index (χ4n) is 3.83. The average Bonchev–Trinajstić information content (AvgIpc) is 3.68. The number of furan rings is 2. The summed E-state index contributed by atoms with van der Waals surface area (Å²) < 4.78 is 16.4. The number of amidine groups is 1. The first kappa shape index (κ1) is 26.3. The van der Waals surface area contributed by atoms with Gasteiger partial charge in [-0.2, -0.15) is 5.10 Å². The molecule has 1 saturated heterocycles. The Morgan fingerprint density at radius 3 is 2.74 bits per heavy atom. The van der Waals surface area contributed by atoms with Gasteiger partial charge in [0.05, 0.1) is 26.1 Å². The number of hydrogen-bond donors (Lipinski definition) is 1. The molecule has 0 bridgehead atoms. The Kier molecular flexibility index (Phi) is 8.14. The molecule has 2 aromatic carbocycles. The van der Waals surface area contributed by atoms with E-state index in [0.717, 1.165) is 5.56 Å². The van der Waals surface area contributed by atoms with E-state index >= 15 is 0 Å². The van der Waals surface area contributed by atoms with Gasteiger partial charge in [0, 0.05) is 22.7 Å². The number of carbonyl (C=O) groups excluding carboxylic acids is 2. The van der Waals surface area contributed by atoms with Gasteiger partial charge in [0.15, 0.2) is 5.17 Å². The number of amides is 2. The summed E-state index contributed by atoms with van der Waals surface area (Å²) in [6.07, 6.45) is 2.96. The number of thioether (sulfide) groups is 1. The van der Waals surface area contributed by atoms with Crippen molar-refractivity contribution in [2.24, 2.45) is 10.2 Å². The predicted octanol–water partition coefficient (Wildman–Crippen LogP) is 6.06. The van der Waals surface area contributed by atoms with E-state index in [9.17, 15) is 9.59 Å². The van der Waals surface area contributed by atoms with Crippen LogP contribution in [0.15, 0.2) is 98.1 Å². The topological polar surface area (TPSA) is 110 Å². The van der Waals surface area contributed by atoms with Crippen LogP contribution in [0.1, 0.15) is 17.9 Å². The number of carbonyl (C=O) groups is 2. The molecule has 1 aliphatic heterocycles. The maximum atomic E-state index is 13.2. The summed E-state index contributed by atoms with van der Waals surface area (Å²) in [5.41, 5.74) is 1.45. The van der Waals surface area contributed by atoms with Crippen molar-refractivity contribution in [1.29, 1.82) is 0 Å². The van der Waals surface area contributed by atoms with Crippen molar-refractivity contribution >= 4 is 52.2 Å². The summed E-state index contributed by atoms with van der Waals surface area (Å²) in [5.74, 6) is 1.84. The Bertz CT molecular complexity index is 1510. The predicted molar refractivity (Wildman–Crippen MR) is 151 cm³/mol. The molecule has 11 heteroatoms. The molecule has 1 atom stereocenters. The summed E-state index contributed by atoms with van der Waals surface area (Å²) in [6, 6.07) is 21.4. The third-order valence-electron chi connectivity index (χ3n) is 5.72. The zero-order valence-corrected chi connectivity index (χ0v) is 22.3. The van der Waals surface area contributed by atoms with Crippen LogP contribution in [0.5, 0.6) is 5.75 Å². The first-order valence-electron chi connectivity index (χ1n) is 11.9. The van der Waals surface area contributed by atoms with Gasteiger partial charge >= 0.3 is 0 Å². The molecule has 0 aliphatic carbocycles. The fraction of sp³-hybridized carbons (Fsp3) is 0.143. The average molecular weight is 563 g/mol. The molecule has 0 spiro atoms. The van der Waals surface area contributed by atoms with Crippen LogP contribution < -0.4 is 10.1 Å². The zero-order chi connectivity index (χ0) is 27.2. The molecule has 39 heavy (non-hydrogen) atoms. The largest absolute Gasteiger partial charge is 0.497 e. The van der Waals surface area contributed by atoms with Crippen molar-refractivity contribution in [2.75, 3.05) is 12.4 Å². The Morgan fingerprint density at radius 2 is 2.00 bits per heavy atom. The molecular weight excluding hydrogens is 540 g/mol. The van der Waals surface area contributed by atoms with Crippen molar-refractivity contribution in [3.8, 4) is 17.1 Å². The number of halogens is 1. The van der Waals surface area contributed by atoms with E-state index < -0.39 is 5.25 Å². The lowest BCUT2D eigenvalue weighted by atomic mass is 10.2. The van der Waals surface area contributed by atoms with Crippen LogP contribution in [-0.2, 0) is 16.1 Å². The normalized spacial score (nSPS) is 16.4. The molecule has 5 rings (SSSR count). The molecule has 2 amide bonds. The quantitative estimate of drug-likeness (QED) is 0.196. The second-order valence-corrected chi connectivity index (χ2v) is 10.0. The van der Waals surface area contributed by atoms with Crippen molar-refractivity contribution in [1.82, 2.24) is 4.90 Å². The minimum Gasteiger partial charge on any atom is -0.497 e. The van der Waals surface area contributed by atoms with Gasteiger partial charge < -0.3 is 18.9 Å². The first-order chi connectivity index (χ1) is 19.0. The van der Waals surface area contributed by atoms with Crippen molar-refractivity contribution in [3.05, 3.63) is 95.6 Å². The lowest BCUT2D eigenvalue weighted by molar-refractivity contribution is -0.128. The SMILES string of the molecule is COc1ccc(NC(=O)CC2S/C(=N\N=C\c3ccc(-c4cccc(Cl)c4)o3)N(Cc3ccco3)C2=O)cc1. The van der Waals surface area contributed by atoms with Crippen LogP contribution in [0.25, 0.3) is 11.3 Å². The Hall–Kier alpha value is -4.28. The van der Waals surface area contributed by atoms with Crippen LogP contribution in [0.2, 0.25) is 5.02 Å². The summed E-state index contributed by atoms with van der Waals surface area (Å²) in [6.45, 7) is 0.170. The zero-order valence-electron chi connectivity index (χ0n) is 20.7. The molecular formula is C28H23ClN4O5S. The smallest absolute Gasteiger partial charge is 0.243 e. The van der Waals surface area contributed by atoms with E-state index in [1.165, 1.54) is 29.1 Å². The molecule has 1 aliphatic rings. The Balaban J connectivity index is 1.29. The van der Waals surface area contributed by atoms with Gasteiger partial charge in [-0.3, -0.25) is 14.5 Å². The molecule has 3 heterocycles. The maximum Gasteiger partial charge on any atom is 0.243 e. The highest BCUT2D eigenvalue weighted by atomic mass is 35.5. The molecule has 1 unspecified atom stereocenters. The minimum absolute atomic E-state index is 0.0336. The van der Waals surface area contributed by atoms with E-state index in [2.05, 4.69) is 15.5 Å². The molecule has 0 saturated carbocycles. The van der Waals surface area contributed by atoms with E-state index in [4.69, 9.17) is 25.2 Å². The van der Waals surface area contributed by atoms with Crippen LogP contribution in [0, 0.1) is 0 Å². The number of nitrogens with zero attached hydrogens (tertiary/aromatic N) is 3. The lowest BCUT2D eigenvalue weighted by Gasteiger charge is -2.14. The van der Waals surface area contributed by atoms with Crippen molar-refractivity contribution < 1.29 is 23.2 Å². The van der Waals surface area contributed by atoms with Gasteiger partial charge in [0.2, 0.25) is 11.8 Å². The van der Waals surface area contributed by atoms with E-state index in [0.29, 0.717) is 38.9 Å². The number of nitrogens with one attached hydrogen (secondary N) is 1. The number of methoxy groups -OCH3 is 1. The van der Waals surface area contributed by atoms with Gasteiger partial charge in [-0.25, -0.2) is 0 Å². The van der Waals surface area contributed by atoms with Gasteiger partial charge in [0.1, 0.15) is 28.3 Å². The van der Waals surface area contributed by atoms with Gasteiger partial charge in [-0.15, -0.1) is 5.10 Å². The molecule has 4 aromatic rings. The number of ether oxygens (including phenoxy) is 1. The molecule has 0 radical (unpaired) electrons. The Labute approximate surface area is 233 Å². The van der Waals surface area contributed by atoms with Crippen molar-refractivity contribution in [3.63, 3.8) is 0 Å². The van der Waals surface area contributed by atoms with Gasteiger partial charge in [0.25, 0.3) is 0 Å². The Morgan fingerprint density at radius 1 is 1.15 bits per heavy atom. The first-order valence-corrected chi connectivity index (χ1v) is 13.2. The third-order valence-corrected chi connectivity index (χ3v) is 7.12. The second kappa shape index (κ2) is 12.1. The van der Waals surface area contributed by atoms with E-state index in [-0.39, 0.29) is 24.8 Å². The van der Waals surface area contributed by atoms with Crippen LogP contribution in [0.3, 0.4) is 0 Å². The van der Waals surface area contributed by atoms with E-state index in [1.54, 1.807) is 61.7 Å². The van der Waals surface area contributed by atoms with Crippen LogP contribution >= 0.6 is 23.4 Å².